The van der Waals surface area contributed by atoms with Crippen molar-refractivity contribution in [3.63, 3.8) is 0 Å². The van der Waals surface area contributed by atoms with Gasteiger partial charge < -0.3 is 5.32 Å². The molecule has 3 aromatic rings. The van der Waals surface area contributed by atoms with Crippen molar-refractivity contribution in [3.05, 3.63) is 75.1 Å². The van der Waals surface area contributed by atoms with Crippen molar-refractivity contribution in [2.24, 2.45) is 0 Å². The van der Waals surface area contributed by atoms with Gasteiger partial charge in [-0.25, -0.2) is 13.5 Å². The monoisotopic (exact) mass is 439 g/mol. The fourth-order valence-electron chi connectivity index (χ4n) is 2.15. The van der Waals surface area contributed by atoms with Gasteiger partial charge in [0.15, 0.2) is 0 Å². The van der Waals surface area contributed by atoms with Gasteiger partial charge in [0.2, 0.25) is 0 Å². The van der Waals surface area contributed by atoms with Gasteiger partial charge in [0.1, 0.15) is 11.6 Å². The minimum absolute atomic E-state index is 0.0715. The maximum Gasteiger partial charge on any atom is 0.255 e. The second-order valence-corrected chi connectivity index (χ2v) is 6.30. The van der Waals surface area contributed by atoms with E-state index in [1.54, 1.807) is 57.7 Å². The Morgan fingerprint density at radius 2 is 1.79 bits per heavy atom. The molecule has 0 bridgehead atoms. The van der Waals surface area contributed by atoms with E-state index in [4.69, 9.17) is 0 Å². The smallest absolute Gasteiger partial charge is 0.255 e. The van der Waals surface area contributed by atoms with Crippen LogP contribution in [0.1, 0.15) is 15.9 Å². The molecular weight excluding hydrogens is 427 g/mol. The zero-order valence-corrected chi connectivity index (χ0v) is 14.7. The Kier molecular flexibility index (Phi) is 4.61. The highest BCUT2D eigenvalue weighted by Gasteiger charge is 2.12. The lowest BCUT2D eigenvalue weighted by molar-refractivity contribution is 0.102. The molecule has 2 aromatic carbocycles. The standard InChI is InChI=1S/C17H12F2IN3O/c1-10-8-21-23(9-10)13-4-2-11(3-5-13)17(24)22-12-6-14(18)16(20)15(19)7-12/h2-9H,1H3,(H,22,24). The normalized spacial score (nSPS) is 10.7. The van der Waals surface area contributed by atoms with Crippen LogP contribution < -0.4 is 5.32 Å². The minimum atomic E-state index is -0.713. The quantitative estimate of drug-likeness (QED) is 0.489. The van der Waals surface area contributed by atoms with Crippen LogP contribution in [0.2, 0.25) is 0 Å². The van der Waals surface area contributed by atoms with Gasteiger partial charge in [-0.2, -0.15) is 5.10 Å². The first-order valence-electron chi connectivity index (χ1n) is 7.01. The molecule has 24 heavy (non-hydrogen) atoms. The summed E-state index contributed by atoms with van der Waals surface area (Å²) in [5.74, 6) is -1.87. The van der Waals surface area contributed by atoms with Crippen molar-refractivity contribution < 1.29 is 13.6 Å². The van der Waals surface area contributed by atoms with Crippen LogP contribution >= 0.6 is 22.6 Å². The molecule has 1 amide bonds. The fraction of sp³-hybridized carbons (Fsp3) is 0.0588. The second kappa shape index (κ2) is 6.68. The number of carbonyl (C=O) groups is 1. The van der Waals surface area contributed by atoms with Gasteiger partial charge in [-0.15, -0.1) is 0 Å². The number of aryl methyl sites for hydroxylation is 1. The Morgan fingerprint density at radius 3 is 2.33 bits per heavy atom. The van der Waals surface area contributed by atoms with Crippen molar-refractivity contribution in [3.8, 4) is 5.69 Å². The Morgan fingerprint density at radius 1 is 1.17 bits per heavy atom. The lowest BCUT2D eigenvalue weighted by atomic mass is 10.2. The number of benzene rings is 2. The number of nitrogens with zero attached hydrogens (tertiary/aromatic N) is 2. The van der Waals surface area contributed by atoms with Gasteiger partial charge in [0.05, 0.1) is 15.5 Å². The zero-order valence-electron chi connectivity index (χ0n) is 12.6. The summed E-state index contributed by atoms with van der Waals surface area (Å²) in [7, 11) is 0. The predicted octanol–water partition coefficient (Wildman–Crippen LogP) is 4.32. The Labute approximate surface area is 150 Å². The molecule has 0 radical (unpaired) electrons. The molecule has 0 saturated carbocycles. The van der Waals surface area contributed by atoms with Crippen LogP contribution in [0, 0.1) is 22.1 Å². The topological polar surface area (TPSA) is 46.9 Å². The highest BCUT2D eigenvalue weighted by molar-refractivity contribution is 14.1. The number of carbonyl (C=O) groups excluding carboxylic acids is 1. The van der Waals surface area contributed by atoms with E-state index in [2.05, 4.69) is 10.4 Å². The van der Waals surface area contributed by atoms with Crippen LogP contribution in [0.5, 0.6) is 0 Å². The highest BCUT2D eigenvalue weighted by Crippen LogP contribution is 2.21. The molecule has 4 nitrogen and oxygen atoms in total. The van der Waals surface area contributed by atoms with Crippen LogP contribution in [-0.4, -0.2) is 15.7 Å². The number of hydrogen-bond acceptors (Lipinski definition) is 2. The van der Waals surface area contributed by atoms with E-state index in [1.165, 1.54) is 0 Å². The van der Waals surface area contributed by atoms with Crippen LogP contribution in [0.3, 0.4) is 0 Å². The molecule has 0 aliphatic heterocycles. The molecule has 0 saturated heterocycles. The molecule has 0 atom stereocenters. The molecule has 0 spiro atoms. The third-order valence-corrected chi connectivity index (χ3v) is 4.38. The fourth-order valence-corrected chi connectivity index (χ4v) is 2.46. The van der Waals surface area contributed by atoms with Crippen LogP contribution in [-0.2, 0) is 0 Å². The number of nitrogens with one attached hydrogen (secondary N) is 1. The van der Waals surface area contributed by atoms with Gasteiger partial charge in [0, 0.05) is 17.4 Å². The van der Waals surface area contributed by atoms with E-state index in [9.17, 15) is 13.6 Å². The van der Waals surface area contributed by atoms with Gasteiger partial charge >= 0.3 is 0 Å². The maximum atomic E-state index is 13.5. The van der Waals surface area contributed by atoms with E-state index >= 15 is 0 Å². The third kappa shape index (κ3) is 3.45. The average molecular weight is 439 g/mol. The summed E-state index contributed by atoms with van der Waals surface area (Å²) in [6.45, 7) is 1.94. The van der Waals surface area contributed by atoms with Gasteiger partial charge in [0.25, 0.3) is 5.91 Å². The third-order valence-electron chi connectivity index (χ3n) is 3.35. The van der Waals surface area contributed by atoms with Crippen LogP contribution in [0.15, 0.2) is 48.8 Å². The number of halogens is 3. The molecule has 3 rings (SSSR count). The van der Waals surface area contributed by atoms with Gasteiger partial charge in [-0.3, -0.25) is 4.79 Å². The number of rotatable bonds is 3. The van der Waals surface area contributed by atoms with E-state index in [0.29, 0.717) is 5.56 Å². The highest BCUT2D eigenvalue weighted by atomic mass is 127. The van der Waals surface area contributed by atoms with Crippen molar-refractivity contribution in [2.75, 3.05) is 5.32 Å². The van der Waals surface area contributed by atoms with E-state index < -0.39 is 17.5 Å². The minimum Gasteiger partial charge on any atom is -0.322 e. The summed E-state index contributed by atoms with van der Waals surface area (Å²) < 4.78 is 28.6. The summed E-state index contributed by atoms with van der Waals surface area (Å²) in [6.07, 6.45) is 3.60. The first-order valence-corrected chi connectivity index (χ1v) is 8.09. The Hall–Kier alpha value is -2.29. The lowest BCUT2D eigenvalue weighted by Crippen LogP contribution is -2.12. The van der Waals surface area contributed by atoms with Crippen molar-refractivity contribution in [1.82, 2.24) is 9.78 Å². The molecule has 0 unspecified atom stereocenters. The van der Waals surface area contributed by atoms with Crippen LogP contribution in [0.4, 0.5) is 14.5 Å². The molecule has 1 N–H and O–H groups in total. The van der Waals surface area contributed by atoms with Gasteiger partial charge in [-0.05, 0) is 71.5 Å². The Bertz CT molecular complexity index is 883. The molecule has 0 aliphatic carbocycles. The zero-order chi connectivity index (χ0) is 17.3. The number of aromatic nitrogens is 2. The summed E-state index contributed by atoms with van der Waals surface area (Å²) in [5, 5.41) is 6.67. The molecule has 122 valence electrons. The molecular formula is C17H12F2IN3O. The predicted molar refractivity (Wildman–Crippen MR) is 95.3 cm³/mol. The van der Waals surface area contributed by atoms with E-state index in [1.807, 2.05) is 13.1 Å². The average Bonchev–Trinajstić information content (AvgIpc) is 2.99. The van der Waals surface area contributed by atoms with Crippen molar-refractivity contribution in [1.29, 1.82) is 0 Å². The second-order valence-electron chi connectivity index (χ2n) is 5.22. The van der Waals surface area contributed by atoms with Crippen LogP contribution in [0.25, 0.3) is 5.69 Å². The van der Waals surface area contributed by atoms with Crippen molar-refractivity contribution in [2.45, 2.75) is 6.92 Å². The first kappa shape index (κ1) is 16.6. The molecule has 0 aliphatic rings. The first-order chi connectivity index (χ1) is 11.4. The largest absolute Gasteiger partial charge is 0.322 e. The summed E-state index contributed by atoms with van der Waals surface area (Å²) in [4.78, 5) is 12.2. The lowest BCUT2D eigenvalue weighted by Gasteiger charge is -2.08. The van der Waals surface area contributed by atoms with Gasteiger partial charge in [-0.1, -0.05) is 0 Å². The Balaban J connectivity index is 1.78. The molecule has 0 fully saturated rings. The summed E-state index contributed by atoms with van der Waals surface area (Å²) in [6, 6.07) is 8.92. The summed E-state index contributed by atoms with van der Waals surface area (Å²) >= 11 is 1.57. The molecule has 1 heterocycles. The maximum absolute atomic E-state index is 13.5. The number of hydrogen-bond donors (Lipinski definition) is 1. The molecule has 7 heteroatoms. The van der Waals surface area contributed by atoms with Crippen molar-refractivity contribution >= 4 is 34.2 Å². The number of amides is 1. The summed E-state index contributed by atoms with van der Waals surface area (Å²) in [5.41, 5.74) is 2.29. The molecule has 1 aromatic heterocycles. The van der Waals surface area contributed by atoms with E-state index in [-0.39, 0.29) is 9.26 Å². The van der Waals surface area contributed by atoms with E-state index in [0.717, 1.165) is 23.4 Å². The number of anilines is 1. The SMILES string of the molecule is Cc1cnn(-c2ccc(C(=O)Nc3cc(F)c(I)c(F)c3)cc2)c1.